The summed E-state index contributed by atoms with van der Waals surface area (Å²) in [5.41, 5.74) is 4.95. The first-order chi connectivity index (χ1) is 18.0. The van der Waals surface area contributed by atoms with Crippen molar-refractivity contribution in [3.63, 3.8) is 0 Å². The molecule has 4 aromatic carbocycles. The van der Waals surface area contributed by atoms with Crippen LogP contribution in [0.15, 0.2) is 121 Å². The Morgan fingerprint density at radius 2 is 0.892 bits per heavy atom. The zero-order valence-corrected chi connectivity index (χ0v) is 22.2. The highest BCUT2D eigenvalue weighted by Gasteiger charge is 2.23. The summed E-state index contributed by atoms with van der Waals surface area (Å²) < 4.78 is 4.74. The van der Waals surface area contributed by atoms with Gasteiger partial charge in [0.2, 0.25) is 0 Å². The number of ether oxygens (including phenoxy) is 1. The minimum atomic E-state index is -0.415. The summed E-state index contributed by atoms with van der Waals surface area (Å²) in [7, 11) is 3.40. The maximum absolute atomic E-state index is 11.6. The molecule has 0 aromatic heterocycles. The lowest BCUT2D eigenvalue weighted by Crippen LogP contribution is -2.31. The summed E-state index contributed by atoms with van der Waals surface area (Å²) in [4.78, 5) is 11.6. The molecule has 0 unspecified atom stereocenters. The number of amides is 1. The molecule has 4 atom stereocenters. The van der Waals surface area contributed by atoms with Crippen LogP contribution in [0.1, 0.15) is 60.0 Å². The highest BCUT2D eigenvalue weighted by Crippen LogP contribution is 2.31. The first kappa shape index (κ1) is 27.7. The molecule has 192 valence electrons. The molecule has 1 amide bonds. The Kier molecular flexibility index (Phi) is 10.9. The Balaban J connectivity index is 0.000000208. The zero-order valence-electron chi connectivity index (χ0n) is 22.2. The molecule has 0 aliphatic heterocycles. The molecule has 4 rings (SSSR count). The number of benzene rings is 4. The predicted molar refractivity (Wildman–Crippen MR) is 153 cm³/mol. The zero-order chi connectivity index (χ0) is 26.5. The number of rotatable bonds is 8. The van der Waals surface area contributed by atoms with Crippen molar-refractivity contribution in [2.75, 3.05) is 14.2 Å². The molecular formula is C33H38N2O2. The second-order valence-electron chi connectivity index (χ2n) is 9.10. The van der Waals surface area contributed by atoms with Crippen LogP contribution < -0.4 is 10.6 Å². The highest BCUT2D eigenvalue weighted by atomic mass is 16.5. The van der Waals surface area contributed by atoms with Crippen LogP contribution in [0.2, 0.25) is 0 Å². The van der Waals surface area contributed by atoms with E-state index < -0.39 is 6.09 Å². The van der Waals surface area contributed by atoms with E-state index in [-0.39, 0.29) is 12.0 Å². The average molecular weight is 495 g/mol. The van der Waals surface area contributed by atoms with Gasteiger partial charge in [0.05, 0.1) is 13.2 Å². The lowest BCUT2D eigenvalue weighted by atomic mass is 9.88. The fourth-order valence-corrected chi connectivity index (χ4v) is 4.61. The number of likely N-dealkylation sites (N-methyl/N-ethyl adjacent to an activating group) is 1. The normalized spacial score (nSPS) is 13.7. The lowest BCUT2D eigenvalue weighted by Gasteiger charge is -2.25. The molecule has 0 aliphatic rings. The van der Waals surface area contributed by atoms with Crippen LogP contribution in [-0.2, 0) is 4.74 Å². The van der Waals surface area contributed by atoms with Crippen molar-refractivity contribution in [3.05, 3.63) is 144 Å². The molecule has 0 spiro atoms. The Morgan fingerprint density at radius 1 is 0.568 bits per heavy atom. The van der Waals surface area contributed by atoms with Crippen molar-refractivity contribution < 1.29 is 9.53 Å². The van der Waals surface area contributed by atoms with Gasteiger partial charge in [-0.3, -0.25) is 0 Å². The monoisotopic (exact) mass is 494 g/mol. The smallest absolute Gasteiger partial charge is 0.407 e. The third-order valence-corrected chi connectivity index (χ3v) is 6.74. The second kappa shape index (κ2) is 14.6. The molecular weight excluding hydrogens is 456 g/mol. The van der Waals surface area contributed by atoms with Crippen LogP contribution in [0.4, 0.5) is 4.79 Å². The van der Waals surface area contributed by atoms with Gasteiger partial charge in [-0.05, 0) is 29.3 Å². The summed E-state index contributed by atoms with van der Waals surface area (Å²) in [5, 5.41) is 6.34. The van der Waals surface area contributed by atoms with Gasteiger partial charge in [-0.1, -0.05) is 135 Å². The van der Waals surface area contributed by atoms with Crippen molar-refractivity contribution in [1.82, 2.24) is 10.6 Å². The van der Waals surface area contributed by atoms with E-state index in [0.717, 1.165) is 5.56 Å². The van der Waals surface area contributed by atoms with Crippen molar-refractivity contribution >= 4 is 6.09 Å². The number of nitrogens with one attached hydrogen (secondary N) is 2. The molecule has 0 bridgehead atoms. The molecule has 2 N–H and O–H groups in total. The van der Waals surface area contributed by atoms with Gasteiger partial charge in [-0.15, -0.1) is 0 Å². The molecule has 4 heteroatoms. The number of carbonyl (C=O) groups excluding carboxylic acids is 1. The first-order valence-corrected chi connectivity index (χ1v) is 12.8. The molecule has 0 saturated heterocycles. The second-order valence-corrected chi connectivity index (χ2v) is 9.10. The largest absolute Gasteiger partial charge is 0.453 e. The SMILES string of the molecule is CN[C@H](c1ccccc1)[C@H](C)c1ccccc1.COC(=O)N[C@H](c1ccccc1)[C@H](C)c1ccccc1. The lowest BCUT2D eigenvalue weighted by molar-refractivity contribution is 0.165. The van der Waals surface area contributed by atoms with Crippen LogP contribution in [-0.4, -0.2) is 20.3 Å². The van der Waals surface area contributed by atoms with E-state index in [1.54, 1.807) is 0 Å². The maximum Gasteiger partial charge on any atom is 0.407 e. The van der Waals surface area contributed by atoms with E-state index in [1.165, 1.54) is 23.8 Å². The van der Waals surface area contributed by atoms with Crippen LogP contribution >= 0.6 is 0 Å². The third kappa shape index (κ3) is 8.06. The van der Waals surface area contributed by atoms with Crippen LogP contribution in [0.5, 0.6) is 0 Å². The Bertz CT molecular complexity index is 1170. The molecule has 4 aromatic rings. The Hall–Kier alpha value is -3.89. The van der Waals surface area contributed by atoms with Gasteiger partial charge in [0.25, 0.3) is 0 Å². The van der Waals surface area contributed by atoms with E-state index in [2.05, 4.69) is 97.3 Å². The number of carbonyl (C=O) groups is 1. The number of hydrogen-bond donors (Lipinski definition) is 2. The molecule has 4 nitrogen and oxygen atoms in total. The fraction of sp³-hybridized carbons (Fsp3) is 0.242. The van der Waals surface area contributed by atoms with E-state index in [4.69, 9.17) is 4.74 Å². The van der Waals surface area contributed by atoms with Crippen LogP contribution in [0, 0.1) is 0 Å². The van der Waals surface area contributed by atoms with Gasteiger partial charge in [-0.25, -0.2) is 4.79 Å². The number of methoxy groups -OCH3 is 1. The van der Waals surface area contributed by atoms with Gasteiger partial charge in [0, 0.05) is 17.9 Å². The van der Waals surface area contributed by atoms with Crippen molar-refractivity contribution in [1.29, 1.82) is 0 Å². The van der Waals surface area contributed by atoms with Gasteiger partial charge in [0.15, 0.2) is 0 Å². The maximum atomic E-state index is 11.6. The summed E-state index contributed by atoms with van der Waals surface area (Å²) in [5.74, 6) is 0.612. The van der Waals surface area contributed by atoms with Crippen molar-refractivity contribution in [3.8, 4) is 0 Å². The number of hydrogen-bond acceptors (Lipinski definition) is 3. The summed E-state index contributed by atoms with van der Waals surface area (Å²) in [6.07, 6.45) is -0.415. The third-order valence-electron chi connectivity index (χ3n) is 6.74. The standard InChI is InChI=1S/C17H19NO2.C16H19N/c1-13(14-9-5-3-6-10-14)16(18-17(19)20-2)15-11-7-4-8-12-15;1-13(14-9-5-3-6-10-14)16(17-2)15-11-7-4-8-12-15/h3-13,16H,1-2H3,(H,18,19);3-13,16-17H,1-2H3/t2*13-,16+/m11/s1. The Morgan fingerprint density at radius 3 is 1.24 bits per heavy atom. The van der Waals surface area contributed by atoms with Crippen molar-refractivity contribution in [2.24, 2.45) is 0 Å². The minimum absolute atomic E-state index is 0.119. The molecule has 0 heterocycles. The van der Waals surface area contributed by atoms with Gasteiger partial charge >= 0.3 is 6.09 Å². The first-order valence-electron chi connectivity index (χ1n) is 12.8. The van der Waals surface area contributed by atoms with E-state index in [1.807, 2.05) is 55.6 Å². The quantitative estimate of drug-likeness (QED) is 0.265. The topological polar surface area (TPSA) is 50.4 Å². The van der Waals surface area contributed by atoms with E-state index in [9.17, 15) is 4.79 Å². The van der Waals surface area contributed by atoms with Crippen LogP contribution in [0.25, 0.3) is 0 Å². The van der Waals surface area contributed by atoms with Gasteiger partial charge < -0.3 is 15.4 Å². The predicted octanol–water partition coefficient (Wildman–Crippen LogP) is 7.64. The molecule has 0 aliphatic carbocycles. The van der Waals surface area contributed by atoms with Crippen molar-refractivity contribution in [2.45, 2.75) is 37.8 Å². The summed E-state index contributed by atoms with van der Waals surface area (Å²) in [6, 6.07) is 41.6. The highest BCUT2D eigenvalue weighted by molar-refractivity contribution is 5.68. The van der Waals surface area contributed by atoms with E-state index >= 15 is 0 Å². The van der Waals surface area contributed by atoms with E-state index in [0.29, 0.717) is 12.0 Å². The molecule has 0 radical (unpaired) electrons. The van der Waals surface area contributed by atoms with Crippen LogP contribution in [0.3, 0.4) is 0 Å². The number of alkyl carbamates (subject to hydrolysis) is 1. The summed E-state index contributed by atoms with van der Waals surface area (Å²) >= 11 is 0. The molecule has 0 fully saturated rings. The Labute approximate surface area is 221 Å². The van der Waals surface area contributed by atoms with Gasteiger partial charge in [-0.2, -0.15) is 0 Å². The summed E-state index contributed by atoms with van der Waals surface area (Å²) in [6.45, 7) is 4.37. The molecule has 37 heavy (non-hydrogen) atoms. The fourth-order valence-electron chi connectivity index (χ4n) is 4.61. The average Bonchev–Trinajstić information content (AvgIpc) is 2.98. The minimum Gasteiger partial charge on any atom is -0.453 e. The van der Waals surface area contributed by atoms with Gasteiger partial charge in [0.1, 0.15) is 0 Å². The molecule has 0 saturated carbocycles.